The molecular weight excluding hydrogens is 306 g/mol. The van der Waals surface area contributed by atoms with E-state index in [2.05, 4.69) is 5.32 Å². The third-order valence-electron chi connectivity index (χ3n) is 3.94. The van der Waals surface area contributed by atoms with Crippen molar-refractivity contribution in [1.82, 2.24) is 5.32 Å². The molecule has 5 nitrogen and oxygen atoms in total. The highest BCUT2D eigenvalue weighted by atomic mass is 16.6. The van der Waals surface area contributed by atoms with Gasteiger partial charge < -0.3 is 19.5 Å². The minimum absolute atomic E-state index is 0.110. The molecule has 2 aromatic rings. The summed E-state index contributed by atoms with van der Waals surface area (Å²) in [5.74, 6) is 1.36. The predicted octanol–water partition coefficient (Wildman–Crippen LogP) is 3.10. The summed E-state index contributed by atoms with van der Waals surface area (Å²) < 4.78 is 16.2. The van der Waals surface area contributed by atoms with Crippen LogP contribution < -0.4 is 14.8 Å². The number of amides is 1. The lowest BCUT2D eigenvalue weighted by Crippen LogP contribution is -2.26. The highest BCUT2D eigenvalue weighted by molar-refractivity contribution is 5.94. The molecule has 0 spiro atoms. The van der Waals surface area contributed by atoms with Crippen molar-refractivity contribution in [3.63, 3.8) is 0 Å². The summed E-state index contributed by atoms with van der Waals surface area (Å²) in [6, 6.07) is 13.0. The highest BCUT2D eigenvalue weighted by Gasteiger charge is 2.16. The zero-order valence-electron chi connectivity index (χ0n) is 13.9. The first-order chi connectivity index (χ1) is 11.7. The Labute approximate surface area is 141 Å². The summed E-state index contributed by atoms with van der Waals surface area (Å²) in [5.41, 5.74) is 2.64. The molecule has 1 heterocycles. The van der Waals surface area contributed by atoms with Crippen molar-refractivity contribution in [1.29, 1.82) is 0 Å². The molecule has 1 atom stereocenters. The minimum atomic E-state index is -0.132. The Morgan fingerprint density at radius 3 is 2.54 bits per heavy atom. The van der Waals surface area contributed by atoms with Crippen molar-refractivity contribution in [2.75, 3.05) is 20.3 Å². The van der Waals surface area contributed by atoms with Crippen molar-refractivity contribution < 1.29 is 19.0 Å². The first-order valence-corrected chi connectivity index (χ1v) is 7.95. The molecule has 24 heavy (non-hydrogen) atoms. The standard InChI is InChI=1S/C19H21NO4/c1-13(16-7-8-17-18(11-16)24-10-9-23-17)20-19(21)15-5-3-14(4-6-15)12-22-2/h3-8,11,13H,9-10,12H2,1-2H3,(H,20,21). The zero-order valence-corrected chi connectivity index (χ0v) is 13.9. The Morgan fingerprint density at radius 2 is 1.83 bits per heavy atom. The molecule has 1 amide bonds. The summed E-state index contributed by atoms with van der Waals surface area (Å²) in [7, 11) is 1.65. The fourth-order valence-corrected chi connectivity index (χ4v) is 2.61. The van der Waals surface area contributed by atoms with E-state index < -0.39 is 0 Å². The number of hydrogen-bond donors (Lipinski definition) is 1. The van der Waals surface area contributed by atoms with Crippen LogP contribution in [-0.2, 0) is 11.3 Å². The van der Waals surface area contributed by atoms with Crippen LogP contribution in [-0.4, -0.2) is 26.2 Å². The summed E-state index contributed by atoms with van der Waals surface area (Å²) in [4.78, 5) is 12.4. The molecule has 0 radical (unpaired) electrons. The van der Waals surface area contributed by atoms with Gasteiger partial charge in [0.05, 0.1) is 12.6 Å². The van der Waals surface area contributed by atoms with Gasteiger partial charge in [0.2, 0.25) is 0 Å². The predicted molar refractivity (Wildman–Crippen MR) is 90.5 cm³/mol. The summed E-state index contributed by atoms with van der Waals surface area (Å²) in [5, 5.41) is 3.00. The van der Waals surface area contributed by atoms with E-state index in [0.717, 1.165) is 22.6 Å². The molecule has 0 fully saturated rings. The number of methoxy groups -OCH3 is 1. The average molecular weight is 327 g/mol. The Bertz CT molecular complexity index is 712. The van der Waals surface area contributed by atoms with Gasteiger partial charge in [-0.2, -0.15) is 0 Å². The van der Waals surface area contributed by atoms with Crippen LogP contribution >= 0.6 is 0 Å². The fraction of sp³-hybridized carbons (Fsp3) is 0.316. The van der Waals surface area contributed by atoms with E-state index in [1.165, 1.54) is 0 Å². The van der Waals surface area contributed by atoms with E-state index in [4.69, 9.17) is 14.2 Å². The topological polar surface area (TPSA) is 56.8 Å². The number of carbonyl (C=O) groups is 1. The van der Waals surface area contributed by atoms with Gasteiger partial charge in [0.25, 0.3) is 5.91 Å². The largest absolute Gasteiger partial charge is 0.486 e. The van der Waals surface area contributed by atoms with Gasteiger partial charge in [0.15, 0.2) is 11.5 Å². The Hall–Kier alpha value is -2.53. The number of ether oxygens (including phenoxy) is 3. The maximum Gasteiger partial charge on any atom is 0.251 e. The molecule has 2 aromatic carbocycles. The van der Waals surface area contributed by atoms with Crippen LogP contribution in [0.1, 0.15) is 34.5 Å². The van der Waals surface area contributed by atoms with E-state index in [-0.39, 0.29) is 11.9 Å². The molecule has 0 aromatic heterocycles. The molecular formula is C19H21NO4. The molecule has 1 aliphatic heterocycles. The van der Waals surface area contributed by atoms with Gasteiger partial charge in [-0.3, -0.25) is 4.79 Å². The van der Waals surface area contributed by atoms with Gasteiger partial charge in [-0.15, -0.1) is 0 Å². The highest BCUT2D eigenvalue weighted by Crippen LogP contribution is 2.32. The second-order valence-electron chi connectivity index (χ2n) is 5.73. The average Bonchev–Trinajstić information content (AvgIpc) is 2.62. The van der Waals surface area contributed by atoms with E-state index >= 15 is 0 Å². The number of fused-ring (bicyclic) bond motifs is 1. The van der Waals surface area contributed by atoms with Crippen molar-refractivity contribution >= 4 is 5.91 Å². The molecule has 0 saturated carbocycles. The molecule has 5 heteroatoms. The van der Waals surface area contributed by atoms with Gasteiger partial charge in [-0.05, 0) is 42.3 Å². The van der Waals surface area contributed by atoms with Crippen molar-refractivity contribution in [3.8, 4) is 11.5 Å². The lowest BCUT2D eigenvalue weighted by atomic mass is 10.1. The molecule has 0 aliphatic carbocycles. The monoisotopic (exact) mass is 327 g/mol. The Kier molecular flexibility index (Phi) is 5.01. The van der Waals surface area contributed by atoms with Crippen molar-refractivity contribution in [2.45, 2.75) is 19.6 Å². The van der Waals surface area contributed by atoms with Crippen molar-refractivity contribution in [3.05, 3.63) is 59.2 Å². The fourth-order valence-electron chi connectivity index (χ4n) is 2.61. The number of rotatable bonds is 5. The number of hydrogen-bond acceptors (Lipinski definition) is 4. The van der Waals surface area contributed by atoms with Gasteiger partial charge in [-0.1, -0.05) is 18.2 Å². The molecule has 1 unspecified atom stereocenters. The molecule has 3 rings (SSSR count). The molecule has 1 aliphatic rings. The first-order valence-electron chi connectivity index (χ1n) is 7.95. The summed E-state index contributed by atoms with van der Waals surface area (Å²) in [6.45, 7) is 3.60. The van der Waals surface area contributed by atoms with Crippen LogP contribution in [0.25, 0.3) is 0 Å². The number of benzene rings is 2. The van der Waals surface area contributed by atoms with Crippen LogP contribution in [0.3, 0.4) is 0 Å². The van der Waals surface area contributed by atoms with Crippen molar-refractivity contribution in [2.24, 2.45) is 0 Å². The maximum atomic E-state index is 12.4. The Morgan fingerprint density at radius 1 is 1.12 bits per heavy atom. The van der Waals surface area contributed by atoms with Gasteiger partial charge in [0.1, 0.15) is 13.2 Å². The zero-order chi connectivity index (χ0) is 16.9. The second-order valence-corrected chi connectivity index (χ2v) is 5.73. The van der Waals surface area contributed by atoms with Crippen LogP contribution in [0.2, 0.25) is 0 Å². The van der Waals surface area contributed by atoms with Crippen LogP contribution in [0.15, 0.2) is 42.5 Å². The lowest BCUT2D eigenvalue weighted by Gasteiger charge is -2.21. The molecule has 0 saturated heterocycles. The second kappa shape index (κ2) is 7.36. The number of nitrogens with one attached hydrogen (secondary N) is 1. The minimum Gasteiger partial charge on any atom is -0.486 e. The SMILES string of the molecule is COCc1ccc(C(=O)NC(C)c2ccc3c(c2)OCCO3)cc1. The first kappa shape index (κ1) is 16.3. The third-order valence-corrected chi connectivity index (χ3v) is 3.94. The molecule has 126 valence electrons. The van der Waals surface area contributed by atoms with E-state index in [1.807, 2.05) is 37.3 Å². The quantitative estimate of drug-likeness (QED) is 0.917. The van der Waals surface area contributed by atoms with Crippen LogP contribution in [0.5, 0.6) is 11.5 Å². The van der Waals surface area contributed by atoms with Crippen LogP contribution in [0, 0.1) is 0 Å². The normalized spacial score (nSPS) is 14.1. The molecule has 1 N–H and O–H groups in total. The summed E-state index contributed by atoms with van der Waals surface area (Å²) >= 11 is 0. The van der Waals surface area contributed by atoms with E-state index in [0.29, 0.717) is 25.4 Å². The summed E-state index contributed by atoms with van der Waals surface area (Å²) in [6.07, 6.45) is 0. The molecule has 0 bridgehead atoms. The van der Waals surface area contributed by atoms with E-state index in [1.54, 1.807) is 19.2 Å². The van der Waals surface area contributed by atoms with Crippen LogP contribution in [0.4, 0.5) is 0 Å². The van der Waals surface area contributed by atoms with Gasteiger partial charge in [0, 0.05) is 12.7 Å². The maximum absolute atomic E-state index is 12.4. The van der Waals surface area contributed by atoms with Gasteiger partial charge in [-0.25, -0.2) is 0 Å². The van der Waals surface area contributed by atoms with Gasteiger partial charge >= 0.3 is 0 Å². The third kappa shape index (κ3) is 3.68. The number of carbonyl (C=O) groups excluding carboxylic acids is 1. The lowest BCUT2D eigenvalue weighted by molar-refractivity contribution is 0.0939. The van der Waals surface area contributed by atoms with E-state index in [9.17, 15) is 4.79 Å². The Balaban J connectivity index is 1.67. The smallest absolute Gasteiger partial charge is 0.251 e.